The number of carbonyl (C=O) groups is 1. The van der Waals surface area contributed by atoms with Crippen LogP contribution in [-0.4, -0.2) is 11.1 Å². The molecule has 1 aromatic carbocycles. The summed E-state index contributed by atoms with van der Waals surface area (Å²) < 4.78 is 4.81. The van der Waals surface area contributed by atoms with E-state index in [1.54, 1.807) is 6.92 Å². The van der Waals surface area contributed by atoms with Crippen molar-refractivity contribution in [1.29, 1.82) is 0 Å². The zero-order chi connectivity index (χ0) is 13.8. The van der Waals surface area contributed by atoms with Crippen LogP contribution >= 0.6 is 0 Å². The number of benzene rings is 1. The number of hydrogen-bond acceptors (Lipinski definition) is 3. The van der Waals surface area contributed by atoms with Gasteiger partial charge in [-0.05, 0) is 30.9 Å². The van der Waals surface area contributed by atoms with E-state index in [1.165, 1.54) is 6.26 Å². The molecule has 100 valence electrons. The van der Waals surface area contributed by atoms with E-state index in [0.29, 0.717) is 11.3 Å². The van der Waals surface area contributed by atoms with Gasteiger partial charge in [0.25, 0.3) is 5.91 Å². The van der Waals surface area contributed by atoms with Crippen molar-refractivity contribution in [3.63, 3.8) is 0 Å². The Labute approximate surface area is 112 Å². The van der Waals surface area contributed by atoms with Crippen LogP contribution in [-0.2, 0) is 12.8 Å². The van der Waals surface area contributed by atoms with Gasteiger partial charge in [-0.15, -0.1) is 0 Å². The molecular formula is C15H18N2O2. The molecule has 0 saturated heterocycles. The fourth-order valence-corrected chi connectivity index (χ4v) is 2.09. The van der Waals surface area contributed by atoms with E-state index >= 15 is 0 Å². The van der Waals surface area contributed by atoms with E-state index in [2.05, 4.69) is 24.3 Å². The molecule has 0 aliphatic carbocycles. The number of amides is 1. The fraction of sp³-hybridized carbons (Fsp3) is 0.333. The van der Waals surface area contributed by atoms with Gasteiger partial charge in [0.1, 0.15) is 11.8 Å². The van der Waals surface area contributed by atoms with Gasteiger partial charge in [0.05, 0.1) is 5.69 Å². The lowest BCUT2D eigenvalue weighted by molar-refractivity contribution is 0.102. The molecule has 2 aromatic rings. The van der Waals surface area contributed by atoms with Crippen LogP contribution in [0.5, 0.6) is 0 Å². The van der Waals surface area contributed by atoms with Gasteiger partial charge in [0, 0.05) is 5.69 Å². The SMILES string of the molecule is CCc1cccc(CC)c1NC(=O)c1conc1C. The number of aromatic nitrogens is 1. The van der Waals surface area contributed by atoms with Crippen LogP contribution in [0.2, 0.25) is 0 Å². The van der Waals surface area contributed by atoms with Crippen molar-refractivity contribution in [3.05, 3.63) is 46.8 Å². The molecule has 1 N–H and O–H groups in total. The Balaban J connectivity index is 2.33. The van der Waals surface area contributed by atoms with Gasteiger partial charge in [0.2, 0.25) is 0 Å². The molecule has 4 heteroatoms. The molecule has 0 spiro atoms. The molecule has 0 fully saturated rings. The van der Waals surface area contributed by atoms with Gasteiger partial charge < -0.3 is 9.84 Å². The van der Waals surface area contributed by atoms with E-state index in [9.17, 15) is 4.79 Å². The Bertz CT molecular complexity index is 565. The first-order valence-electron chi connectivity index (χ1n) is 6.50. The summed E-state index contributed by atoms with van der Waals surface area (Å²) in [7, 11) is 0. The smallest absolute Gasteiger partial charge is 0.260 e. The second kappa shape index (κ2) is 5.69. The lowest BCUT2D eigenvalue weighted by Gasteiger charge is -2.13. The third kappa shape index (κ3) is 2.67. The molecule has 2 rings (SSSR count). The van der Waals surface area contributed by atoms with Gasteiger partial charge in [-0.3, -0.25) is 4.79 Å². The van der Waals surface area contributed by atoms with Crippen LogP contribution < -0.4 is 5.32 Å². The number of para-hydroxylation sites is 1. The second-order valence-corrected chi connectivity index (χ2v) is 4.43. The largest absolute Gasteiger partial charge is 0.364 e. The Kier molecular flexibility index (Phi) is 4.00. The molecule has 1 amide bonds. The van der Waals surface area contributed by atoms with Crippen LogP contribution in [0.3, 0.4) is 0 Å². The fourth-order valence-electron chi connectivity index (χ4n) is 2.09. The molecule has 0 saturated carbocycles. The average molecular weight is 258 g/mol. The molecule has 0 radical (unpaired) electrons. The van der Waals surface area contributed by atoms with E-state index < -0.39 is 0 Å². The minimum absolute atomic E-state index is 0.172. The van der Waals surface area contributed by atoms with Crippen LogP contribution in [0.15, 0.2) is 29.0 Å². The quantitative estimate of drug-likeness (QED) is 0.914. The van der Waals surface area contributed by atoms with Crippen LogP contribution in [0.4, 0.5) is 5.69 Å². The number of nitrogens with one attached hydrogen (secondary N) is 1. The molecule has 0 bridgehead atoms. The van der Waals surface area contributed by atoms with Gasteiger partial charge in [0.15, 0.2) is 0 Å². The predicted octanol–water partition coefficient (Wildman–Crippen LogP) is 3.36. The molecule has 0 unspecified atom stereocenters. The maximum atomic E-state index is 12.2. The highest BCUT2D eigenvalue weighted by Crippen LogP contribution is 2.23. The summed E-state index contributed by atoms with van der Waals surface area (Å²) in [6.45, 7) is 5.91. The highest BCUT2D eigenvalue weighted by molar-refractivity contribution is 6.05. The lowest BCUT2D eigenvalue weighted by atomic mass is 10.0. The zero-order valence-electron chi connectivity index (χ0n) is 11.5. The molecule has 0 aliphatic heterocycles. The molecule has 1 aromatic heterocycles. The van der Waals surface area contributed by atoms with E-state index in [1.807, 2.05) is 18.2 Å². The van der Waals surface area contributed by atoms with Gasteiger partial charge >= 0.3 is 0 Å². The Morgan fingerprint density at radius 1 is 1.26 bits per heavy atom. The normalized spacial score (nSPS) is 10.5. The first-order valence-corrected chi connectivity index (χ1v) is 6.50. The van der Waals surface area contributed by atoms with Crippen molar-refractivity contribution in [3.8, 4) is 0 Å². The highest BCUT2D eigenvalue weighted by atomic mass is 16.5. The minimum atomic E-state index is -0.172. The van der Waals surface area contributed by atoms with Crippen molar-refractivity contribution in [2.45, 2.75) is 33.6 Å². The molecule has 1 heterocycles. The van der Waals surface area contributed by atoms with Gasteiger partial charge in [-0.2, -0.15) is 0 Å². The van der Waals surface area contributed by atoms with E-state index in [4.69, 9.17) is 4.52 Å². The van der Waals surface area contributed by atoms with Crippen LogP contribution in [0.1, 0.15) is 41.0 Å². The Morgan fingerprint density at radius 2 is 1.89 bits per heavy atom. The summed E-state index contributed by atoms with van der Waals surface area (Å²) in [5.74, 6) is -0.172. The summed E-state index contributed by atoms with van der Waals surface area (Å²) in [4.78, 5) is 12.2. The molecular weight excluding hydrogens is 240 g/mol. The summed E-state index contributed by atoms with van der Waals surface area (Å²) in [6, 6.07) is 6.10. The van der Waals surface area contributed by atoms with Crippen molar-refractivity contribution >= 4 is 11.6 Å². The van der Waals surface area contributed by atoms with E-state index in [-0.39, 0.29) is 5.91 Å². The summed E-state index contributed by atoms with van der Waals surface area (Å²) in [5, 5.41) is 6.71. The Morgan fingerprint density at radius 3 is 2.37 bits per heavy atom. The lowest BCUT2D eigenvalue weighted by Crippen LogP contribution is -2.15. The van der Waals surface area contributed by atoms with Gasteiger partial charge in [-0.1, -0.05) is 37.2 Å². The number of hydrogen-bond donors (Lipinski definition) is 1. The molecule has 4 nitrogen and oxygen atoms in total. The van der Waals surface area contributed by atoms with Crippen molar-refractivity contribution < 1.29 is 9.32 Å². The van der Waals surface area contributed by atoms with Crippen molar-refractivity contribution in [1.82, 2.24) is 5.16 Å². The first-order chi connectivity index (χ1) is 9.17. The maximum Gasteiger partial charge on any atom is 0.260 e. The average Bonchev–Trinajstić information content (AvgIpc) is 2.85. The number of rotatable bonds is 4. The minimum Gasteiger partial charge on any atom is -0.364 e. The van der Waals surface area contributed by atoms with Gasteiger partial charge in [-0.25, -0.2) is 0 Å². The standard InChI is InChI=1S/C15H18N2O2/c1-4-11-7-6-8-12(5-2)14(11)16-15(18)13-9-19-17-10(13)3/h6-9H,4-5H2,1-3H3,(H,16,18). The third-order valence-electron chi connectivity index (χ3n) is 3.23. The number of anilines is 1. The molecule has 0 aliphatic rings. The summed E-state index contributed by atoms with van der Waals surface area (Å²) in [6.07, 6.45) is 3.14. The second-order valence-electron chi connectivity index (χ2n) is 4.43. The maximum absolute atomic E-state index is 12.2. The van der Waals surface area contributed by atoms with Crippen molar-refractivity contribution in [2.75, 3.05) is 5.32 Å². The summed E-state index contributed by atoms with van der Waals surface area (Å²) in [5.41, 5.74) is 4.28. The highest BCUT2D eigenvalue weighted by Gasteiger charge is 2.15. The topological polar surface area (TPSA) is 55.1 Å². The first kappa shape index (κ1) is 13.3. The predicted molar refractivity (Wildman–Crippen MR) is 74.4 cm³/mol. The molecule has 0 atom stereocenters. The molecule has 19 heavy (non-hydrogen) atoms. The van der Waals surface area contributed by atoms with Crippen molar-refractivity contribution in [2.24, 2.45) is 0 Å². The monoisotopic (exact) mass is 258 g/mol. The zero-order valence-corrected chi connectivity index (χ0v) is 11.5. The third-order valence-corrected chi connectivity index (χ3v) is 3.23. The van der Waals surface area contributed by atoms with E-state index in [0.717, 1.165) is 29.7 Å². The number of nitrogens with zero attached hydrogens (tertiary/aromatic N) is 1. The van der Waals surface area contributed by atoms with Crippen LogP contribution in [0, 0.1) is 6.92 Å². The number of aryl methyl sites for hydroxylation is 3. The summed E-state index contributed by atoms with van der Waals surface area (Å²) >= 11 is 0. The van der Waals surface area contributed by atoms with Crippen LogP contribution in [0.25, 0.3) is 0 Å². The number of carbonyl (C=O) groups excluding carboxylic acids is 1. The Hall–Kier alpha value is -2.10.